The molecule has 0 spiro atoms. The molecule has 1 N–H and O–H groups in total. The maximum atomic E-state index is 11.7. The molecule has 1 aromatic carbocycles. The van der Waals surface area contributed by atoms with Crippen molar-refractivity contribution in [3.05, 3.63) is 29.3 Å². The third kappa shape index (κ3) is 1.38. The van der Waals surface area contributed by atoms with Gasteiger partial charge in [-0.1, -0.05) is 0 Å². The summed E-state index contributed by atoms with van der Waals surface area (Å²) < 4.78 is 4.65. The number of carbonyl (C=O) groups is 2. The van der Waals surface area contributed by atoms with Crippen molar-refractivity contribution in [2.75, 3.05) is 12.4 Å². The fraction of sp³-hybridized carbons (Fsp3) is 0.333. The Bertz CT molecular complexity index is 477. The van der Waals surface area contributed by atoms with Crippen LogP contribution < -0.4 is 5.32 Å². The van der Waals surface area contributed by atoms with Gasteiger partial charge in [-0.05, 0) is 37.6 Å². The van der Waals surface area contributed by atoms with Gasteiger partial charge in [0, 0.05) is 5.69 Å². The average Bonchev–Trinajstić information content (AvgIpc) is 2.49. The molecule has 0 saturated heterocycles. The number of hydrogen-bond donors (Lipinski definition) is 1. The molecule has 0 saturated carbocycles. The summed E-state index contributed by atoms with van der Waals surface area (Å²) in [6.45, 7) is 3.66. The minimum absolute atomic E-state index is 0.0514. The Labute approximate surface area is 93.6 Å². The van der Waals surface area contributed by atoms with Crippen LogP contribution in [0.2, 0.25) is 0 Å². The maximum Gasteiger partial charge on any atom is 0.337 e. The number of fused-ring (bicyclic) bond motifs is 1. The zero-order chi connectivity index (χ0) is 11.9. The lowest BCUT2D eigenvalue weighted by molar-refractivity contribution is -0.119. The fourth-order valence-corrected chi connectivity index (χ4v) is 1.82. The third-order valence-electron chi connectivity index (χ3n) is 2.93. The Balaban J connectivity index is 2.52. The van der Waals surface area contributed by atoms with E-state index < -0.39 is 11.4 Å². The van der Waals surface area contributed by atoms with E-state index in [1.807, 2.05) is 13.8 Å². The highest BCUT2D eigenvalue weighted by molar-refractivity contribution is 6.06. The molecule has 84 valence electrons. The number of methoxy groups -OCH3 is 1. The molecule has 1 amide bonds. The summed E-state index contributed by atoms with van der Waals surface area (Å²) in [7, 11) is 1.34. The molecule has 4 nitrogen and oxygen atoms in total. The highest BCUT2D eigenvalue weighted by atomic mass is 16.5. The largest absolute Gasteiger partial charge is 0.465 e. The maximum absolute atomic E-state index is 11.7. The van der Waals surface area contributed by atoms with E-state index in [4.69, 9.17) is 0 Å². The van der Waals surface area contributed by atoms with E-state index in [1.54, 1.807) is 18.2 Å². The van der Waals surface area contributed by atoms with Gasteiger partial charge in [0.25, 0.3) is 0 Å². The van der Waals surface area contributed by atoms with Crippen LogP contribution in [0.1, 0.15) is 29.8 Å². The Morgan fingerprint density at radius 3 is 2.69 bits per heavy atom. The topological polar surface area (TPSA) is 55.4 Å². The van der Waals surface area contributed by atoms with E-state index in [1.165, 1.54) is 7.11 Å². The zero-order valence-electron chi connectivity index (χ0n) is 9.46. The van der Waals surface area contributed by atoms with Crippen molar-refractivity contribution < 1.29 is 14.3 Å². The van der Waals surface area contributed by atoms with Crippen LogP contribution in [-0.2, 0) is 14.9 Å². The van der Waals surface area contributed by atoms with Crippen molar-refractivity contribution in [3.63, 3.8) is 0 Å². The smallest absolute Gasteiger partial charge is 0.337 e. The molecule has 0 fully saturated rings. The Kier molecular flexibility index (Phi) is 2.22. The lowest BCUT2D eigenvalue weighted by Gasteiger charge is -2.15. The molecule has 0 bridgehead atoms. The first kappa shape index (κ1) is 10.7. The number of anilines is 1. The SMILES string of the molecule is COC(=O)c1ccc2c(c1)C(C)(C)C(=O)N2. The van der Waals surface area contributed by atoms with Crippen molar-refractivity contribution >= 4 is 17.6 Å². The van der Waals surface area contributed by atoms with E-state index >= 15 is 0 Å². The molecule has 4 heteroatoms. The van der Waals surface area contributed by atoms with Crippen LogP contribution in [0.5, 0.6) is 0 Å². The first-order valence-corrected chi connectivity index (χ1v) is 5.01. The van der Waals surface area contributed by atoms with Gasteiger partial charge in [0.05, 0.1) is 18.1 Å². The molecular formula is C12H13NO3. The first-order chi connectivity index (χ1) is 7.46. The van der Waals surface area contributed by atoms with Gasteiger partial charge < -0.3 is 10.1 Å². The Morgan fingerprint density at radius 2 is 2.06 bits per heavy atom. The molecule has 1 aliphatic heterocycles. The number of amides is 1. The lowest BCUT2D eigenvalue weighted by atomic mass is 9.85. The molecule has 0 atom stereocenters. The molecule has 0 unspecified atom stereocenters. The second-order valence-corrected chi connectivity index (χ2v) is 4.33. The number of rotatable bonds is 1. The number of hydrogen-bond acceptors (Lipinski definition) is 3. The van der Waals surface area contributed by atoms with E-state index in [2.05, 4.69) is 10.1 Å². The molecule has 0 radical (unpaired) electrons. The summed E-state index contributed by atoms with van der Waals surface area (Å²) in [4.78, 5) is 23.1. The van der Waals surface area contributed by atoms with Crippen LogP contribution in [0.3, 0.4) is 0 Å². The number of ether oxygens (including phenoxy) is 1. The van der Waals surface area contributed by atoms with E-state index in [-0.39, 0.29) is 5.91 Å². The van der Waals surface area contributed by atoms with Gasteiger partial charge in [0.15, 0.2) is 0 Å². The minimum atomic E-state index is -0.598. The summed E-state index contributed by atoms with van der Waals surface area (Å²) in [5.74, 6) is -0.442. The molecular weight excluding hydrogens is 206 g/mol. The predicted molar refractivity (Wildman–Crippen MR) is 59.4 cm³/mol. The second-order valence-electron chi connectivity index (χ2n) is 4.33. The highest BCUT2D eigenvalue weighted by Crippen LogP contribution is 2.37. The van der Waals surface area contributed by atoms with Crippen molar-refractivity contribution in [1.82, 2.24) is 0 Å². The monoisotopic (exact) mass is 219 g/mol. The quantitative estimate of drug-likeness (QED) is 0.731. The zero-order valence-corrected chi connectivity index (χ0v) is 9.46. The number of carbonyl (C=O) groups excluding carboxylic acids is 2. The van der Waals surface area contributed by atoms with Gasteiger partial charge in [0.1, 0.15) is 0 Å². The minimum Gasteiger partial charge on any atom is -0.465 e. The fourth-order valence-electron chi connectivity index (χ4n) is 1.82. The van der Waals surface area contributed by atoms with Crippen LogP contribution in [0.25, 0.3) is 0 Å². The number of esters is 1. The Hall–Kier alpha value is -1.84. The highest BCUT2D eigenvalue weighted by Gasteiger charge is 2.38. The molecule has 1 aliphatic rings. The number of benzene rings is 1. The van der Waals surface area contributed by atoms with Crippen LogP contribution in [-0.4, -0.2) is 19.0 Å². The van der Waals surface area contributed by atoms with Gasteiger partial charge in [-0.15, -0.1) is 0 Å². The van der Waals surface area contributed by atoms with Crippen LogP contribution in [0.15, 0.2) is 18.2 Å². The summed E-state index contributed by atoms with van der Waals surface area (Å²) in [6.07, 6.45) is 0. The van der Waals surface area contributed by atoms with Crippen molar-refractivity contribution in [3.8, 4) is 0 Å². The molecule has 0 aromatic heterocycles. The van der Waals surface area contributed by atoms with E-state index in [9.17, 15) is 9.59 Å². The van der Waals surface area contributed by atoms with Gasteiger partial charge in [0.2, 0.25) is 5.91 Å². The third-order valence-corrected chi connectivity index (χ3v) is 2.93. The van der Waals surface area contributed by atoms with Gasteiger partial charge in [-0.25, -0.2) is 4.79 Å². The molecule has 1 heterocycles. The molecule has 1 aromatic rings. The van der Waals surface area contributed by atoms with Crippen LogP contribution >= 0.6 is 0 Å². The lowest BCUT2D eigenvalue weighted by Crippen LogP contribution is -2.27. The molecule has 0 aliphatic carbocycles. The summed E-state index contributed by atoms with van der Waals surface area (Å²) in [6, 6.07) is 5.08. The van der Waals surface area contributed by atoms with E-state index in [0.29, 0.717) is 5.56 Å². The standard InChI is InChI=1S/C12H13NO3/c1-12(2)8-6-7(10(14)16-3)4-5-9(8)13-11(12)15/h4-6H,1-3H3,(H,13,15). The average molecular weight is 219 g/mol. The number of nitrogens with one attached hydrogen (secondary N) is 1. The molecule has 2 rings (SSSR count). The normalized spacial score (nSPS) is 16.6. The van der Waals surface area contributed by atoms with Gasteiger partial charge >= 0.3 is 5.97 Å². The van der Waals surface area contributed by atoms with Crippen LogP contribution in [0.4, 0.5) is 5.69 Å². The predicted octanol–water partition coefficient (Wildman–Crippen LogP) is 1.70. The van der Waals surface area contributed by atoms with Crippen molar-refractivity contribution in [1.29, 1.82) is 0 Å². The van der Waals surface area contributed by atoms with Gasteiger partial charge in [-0.2, -0.15) is 0 Å². The summed E-state index contributed by atoms with van der Waals surface area (Å²) in [5.41, 5.74) is 1.47. The summed E-state index contributed by atoms with van der Waals surface area (Å²) >= 11 is 0. The summed E-state index contributed by atoms with van der Waals surface area (Å²) in [5, 5.41) is 2.78. The Morgan fingerprint density at radius 1 is 1.38 bits per heavy atom. The second kappa shape index (κ2) is 3.33. The van der Waals surface area contributed by atoms with E-state index in [0.717, 1.165) is 11.3 Å². The van der Waals surface area contributed by atoms with Crippen molar-refractivity contribution in [2.45, 2.75) is 19.3 Å². The first-order valence-electron chi connectivity index (χ1n) is 5.01. The van der Waals surface area contributed by atoms with Crippen LogP contribution in [0, 0.1) is 0 Å². The van der Waals surface area contributed by atoms with Crippen molar-refractivity contribution in [2.24, 2.45) is 0 Å². The molecule has 16 heavy (non-hydrogen) atoms. The van der Waals surface area contributed by atoms with Gasteiger partial charge in [-0.3, -0.25) is 4.79 Å².